The van der Waals surface area contributed by atoms with Crippen LogP contribution in [0.5, 0.6) is 0 Å². The quantitative estimate of drug-likeness (QED) is 0.238. The third kappa shape index (κ3) is 3.02. The standard InChI is InChI=1S/C21H19IN6O2/c1-4-13-5-6-16-14(7-13)20-26-25-18(10-29-3)27(20)8-17-19(23-11-28(16)17)21-24-15(9-30-21)12(2)22/h1,5-7,11-12,15H,8-10H2,2-3H3/t12?,15-/m1/s1. The van der Waals surface area contributed by atoms with Crippen LogP contribution in [0.4, 0.5) is 0 Å². The summed E-state index contributed by atoms with van der Waals surface area (Å²) in [5.41, 5.74) is 4.32. The molecule has 0 saturated carbocycles. The van der Waals surface area contributed by atoms with Gasteiger partial charge in [-0.05, 0) is 18.2 Å². The second kappa shape index (κ2) is 7.52. The summed E-state index contributed by atoms with van der Waals surface area (Å²) >= 11 is 2.38. The first-order chi connectivity index (χ1) is 14.6. The number of hydrogen-bond acceptors (Lipinski definition) is 6. The first-order valence-corrected chi connectivity index (χ1v) is 10.8. The van der Waals surface area contributed by atoms with Gasteiger partial charge in [0.25, 0.3) is 0 Å². The first-order valence-electron chi connectivity index (χ1n) is 9.54. The molecule has 152 valence electrons. The predicted octanol–water partition coefficient (Wildman–Crippen LogP) is 2.59. The minimum absolute atomic E-state index is 0.128. The van der Waals surface area contributed by atoms with E-state index < -0.39 is 0 Å². The SMILES string of the molecule is C#Cc1ccc2c(c1)-c1nnc(COC)n1Cc1c(C3=N[C@@H](C(C)I)CO3)ncn1-2. The molecule has 0 radical (unpaired) electrons. The number of alkyl halides is 1. The van der Waals surface area contributed by atoms with Crippen LogP contribution in [-0.2, 0) is 22.6 Å². The largest absolute Gasteiger partial charge is 0.474 e. The fourth-order valence-corrected chi connectivity index (χ4v) is 4.14. The highest BCUT2D eigenvalue weighted by atomic mass is 127. The fraction of sp³-hybridized carbons (Fsp3) is 0.333. The first kappa shape index (κ1) is 19.3. The predicted molar refractivity (Wildman–Crippen MR) is 120 cm³/mol. The van der Waals surface area contributed by atoms with E-state index in [0.717, 1.165) is 39.9 Å². The summed E-state index contributed by atoms with van der Waals surface area (Å²) in [6, 6.07) is 6.00. The van der Waals surface area contributed by atoms with Gasteiger partial charge in [0.2, 0.25) is 5.90 Å². The molecule has 9 heteroatoms. The van der Waals surface area contributed by atoms with Gasteiger partial charge < -0.3 is 14.0 Å². The summed E-state index contributed by atoms with van der Waals surface area (Å²) in [4.78, 5) is 9.44. The molecular formula is C21H19IN6O2. The number of benzene rings is 1. The average Bonchev–Trinajstić information content (AvgIpc) is 3.46. The Labute approximate surface area is 187 Å². The van der Waals surface area contributed by atoms with Crippen molar-refractivity contribution in [3.05, 3.63) is 47.3 Å². The lowest BCUT2D eigenvalue weighted by Gasteiger charge is -2.09. The fourth-order valence-electron chi connectivity index (χ4n) is 3.77. The molecule has 1 aromatic carbocycles. The number of imidazole rings is 1. The Hall–Kier alpha value is -2.71. The van der Waals surface area contributed by atoms with Gasteiger partial charge in [0.05, 0.1) is 24.0 Å². The molecule has 0 aliphatic carbocycles. The van der Waals surface area contributed by atoms with E-state index in [4.69, 9.17) is 20.9 Å². The average molecular weight is 514 g/mol. The van der Waals surface area contributed by atoms with Crippen LogP contribution in [0.15, 0.2) is 29.5 Å². The third-order valence-electron chi connectivity index (χ3n) is 5.35. The lowest BCUT2D eigenvalue weighted by Crippen LogP contribution is -2.16. The van der Waals surface area contributed by atoms with Gasteiger partial charge in [-0.25, -0.2) is 9.98 Å². The maximum atomic E-state index is 5.93. The smallest absolute Gasteiger partial charge is 0.237 e. The van der Waals surface area contributed by atoms with Gasteiger partial charge in [0, 0.05) is 22.2 Å². The van der Waals surface area contributed by atoms with Crippen LogP contribution in [-0.4, -0.2) is 53.9 Å². The van der Waals surface area contributed by atoms with E-state index in [9.17, 15) is 0 Å². The van der Waals surface area contributed by atoms with Gasteiger partial charge in [-0.1, -0.05) is 35.4 Å². The van der Waals surface area contributed by atoms with Crippen molar-refractivity contribution >= 4 is 28.5 Å². The van der Waals surface area contributed by atoms with Gasteiger partial charge in [-0.15, -0.1) is 16.6 Å². The molecule has 0 fully saturated rings. The van der Waals surface area contributed by atoms with Crippen molar-refractivity contribution in [1.82, 2.24) is 24.3 Å². The molecule has 2 aliphatic heterocycles. The normalized spacial score (nSPS) is 17.8. The second-order valence-corrected chi connectivity index (χ2v) is 9.20. The summed E-state index contributed by atoms with van der Waals surface area (Å²) in [5.74, 6) is 4.77. The zero-order chi connectivity index (χ0) is 20.8. The molecule has 4 heterocycles. The molecule has 2 atom stereocenters. The number of aromatic nitrogens is 5. The van der Waals surface area contributed by atoms with Crippen LogP contribution >= 0.6 is 22.6 Å². The summed E-state index contributed by atoms with van der Waals surface area (Å²) in [6.07, 6.45) is 7.46. The molecule has 0 bridgehead atoms. The molecule has 5 rings (SSSR count). The number of terminal acetylenes is 1. The minimum Gasteiger partial charge on any atom is -0.474 e. The van der Waals surface area contributed by atoms with Crippen LogP contribution in [0.1, 0.15) is 29.7 Å². The summed E-state index contributed by atoms with van der Waals surface area (Å²) in [5, 5.41) is 8.79. The van der Waals surface area contributed by atoms with Gasteiger partial charge >= 0.3 is 0 Å². The number of methoxy groups -OCH3 is 1. The van der Waals surface area contributed by atoms with Crippen molar-refractivity contribution < 1.29 is 9.47 Å². The van der Waals surface area contributed by atoms with Crippen LogP contribution in [0, 0.1) is 12.3 Å². The van der Waals surface area contributed by atoms with Gasteiger partial charge in [0.1, 0.15) is 25.2 Å². The van der Waals surface area contributed by atoms with E-state index in [1.807, 2.05) is 29.1 Å². The Morgan fingerprint density at radius 2 is 2.27 bits per heavy atom. The number of rotatable bonds is 4. The van der Waals surface area contributed by atoms with E-state index in [2.05, 4.69) is 55.2 Å². The van der Waals surface area contributed by atoms with Gasteiger partial charge in [-0.2, -0.15) is 0 Å². The number of halogens is 1. The van der Waals surface area contributed by atoms with E-state index in [0.29, 0.717) is 29.6 Å². The molecule has 0 N–H and O–H groups in total. The Kier molecular flexibility index (Phi) is 4.83. The highest BCUT2D eigenvalue weighted by molar-refractivity contribution is 14.1. The number of fused-ring (bicyclic) bond motifs is 5. The van der Waals surface area contributed by atoms with Crippen LogP contribution in [0.3, 0.4) is 0 Å². The Morgan fingerprint density at radius 3 is 3.00 bits per heavy atom. The van der Waals surface area contributed by atoms with Crippen molar-refractivity contribution in [3.63, 3.8) is 0 Å². The molecule has 2 aromatic heterocycles. The monoisotopic (exact) mass is 514 g/mol. The van der Waals surface area contributed by atoms with Gasteiger partial charge in [0.15, 0.2) is 11.6 Å². The van der Waals surface area contributed by atoms with Crippen molar-refractivity contribution in [2.24, 2.45) is 4.99 Å². The molecule has 0 spiro atoms. The van der Waals surface area contributed by atoms with Crippen LogP contribution in [0.2, 0.25) is 0 Å². The van der Waals surface area contributed by atoms with Gasteiger partial charge in [-0.3, -0.25) is 4.57 Å². The highest BCUT2D eigenvalue weighted by Crippen LogP contribution is 2.34. The molecule has 30 heavy (non-hydrogen) atoms. The molecular weight excluding hydrogens is 495 g/mol. The molecule has 1 unspecified atom stereocenters. The van der Waals surface area contributed by atoms with Crippen LogP contribution in [0.25, 0.3) is 17.1 Å². The molecule has 0 saturated heterocycles. The van der Waals surface area contributed by atoms with Crippen molar-refractivity contribution in [3.8, 4) is 29.4 Å². The van der Waals surface area contributed by atoms with E-state index in [1.54, 1.807) is 7.11 Å². The highest BCUT2D eigenvalue weighted by Gasteiger charge is 2.31. The maximum Gasteiger partial charge on any atom is 0.237 e. The van der Waals surface area contributed by atoms with Crippen LogP contribution < -0.4 is 0 Å². The summed E-state index contributed by atoms with van der Waals surface area (Å²) in [7, 11) is 1.64. The Balaban J connectivity index is 1.71. The maximum absolute atomic E-state index is 5.93. The Bertz CT molecular complexity index is 1200. The second-order valence-electron chi connectivity index (χ2n) is 7.24. The summed E-state index contributed by atoms with van der Waals surface area (Å²) in [6.45, 7) is 3.57. The minimum atomic E-state index is 0.128. The number of aliphatic imine (C=N–C) groups is 1. The zero-order valence-electron chi connectivity index (χ0n) is 16.5. The Morgan fingerprint density at radius 1 is 1.40 bits per heavy atom. The molecule has 8 nitrogen and oxygen atoms in total. The zero-order valence-corrected chi connectivity index (χ0v) is 18.7. The van der Waals surface area contributed by atoms with E-state index in [1.165, 1.54) is 0 Å². The third-order valence-corrected chi connectivity index (χ3v) is 6.18. The van der Waals surface area contributed by atoms with Crippen molar-refractivity contribution in [1.29, 1.82) is 0 Å². The van der Waals surface area contributed by atoms with Crippen molar-refractivity contribution in [2.45, 2.75) is 30.0 Å². The van der Waals surface area contributed by atoms with Crippen molar-refractivity contribution in [2.75, 3.05) is 13.7 Å². The number of nitrogens with zero attached hydrogens (tertiary/aromatic N) is 6. The number of hydrogen-bond donors (Lipinski definition) is 0. The molecule has 3 aromatic rings. The molecule has 2 aliphatic rings. The molecule has 0 amide bonds. The van der Waals surface area contributed by atoms with E-state index >= 15 is 0 Å². The lowest BCUT2D eigenvalue weighted by atomic mass is 10.1. The van der Waals surface area contributed by atoms with E-state index in [-0.39, 0.29) is 6.04 Å². The lowest BCUT2D eigenvalue weighted by molar-refractivity contribution is 0.174. The summed E-state index contributed by atoms with van der Waals surface area (Å²) < 4.78 is 15.7. The topological polar surface area (TPSA) is 79.3 Å². The number of ether oxygens (including phenoxy) is 2.